The summed E-state index contributed by atoms with van der Waals surface area (Å²) >= 11 is 0. The first-order valence-electron chi connectivity index (χ1n) is 6.12. The molecule has 0 heterocycles. The van der Waals surface area contributed by atoms with E-state index in [1.807, 2.05) is 42.5 Å². The molecule has 3 rings (SSSR count). The Labute approximate surface area is 106 Å². The van der Waals surface area contributed by atoms with Crippen LogP contribution in [0, 0.1) is 0 Å². The molecular weight excluding hydrogens is 224 g/mol. The van der Waals surface area contributed by atoms with Crippen molar-refractivity contribution < 1.29 is 9.90 Å². The van der Waals surface area contributed by atoms with E-state index in [1.54, 1.807) is 6.07 Å². The lowest BCUT2D eigenvalue weighted by molar-refractivity contribution is 0.112. The predicted octanol–water partition coefficient (Wildman–Crippen LogP) is 3.48. The lowest BCUT2D eigenvalue weighted by Gasteiger charge is -2.04. The fourth-order valence-corrected chi connectivity index (χ4v) is 2.62. The summed E-state index contributed by atoms with van der Waals surface area (Å²) in [6.45, 7) is 0. The van der Waals surface area contributed by atoms with Crippen LogP contribution in [-0.4, -0.2) is 11.4 Å². The molecule has 2 nitrogen and oxygen atoms in total. The van der Waals surface area contributed by atoms with Gasteiger partial charge in [0.2, 0.25) is 0 Å². The van der Waals surface area contributed by atoms with Gasteiger partial charge < -0.3 is 5.11 Å². The van der Waals surface area contributed by atoms with Crippen LogP contribution in [0.25, 0.3) is 0 Å². The summed E-state index contributed by atoms with van der Waals surface area (Å²) in [6, 6.07) is 15.1. The largest absolute Gasteiger partial charge is 0.508 e. The summed E-state index contributed by atoms with van der Waals surface area (Å²) in [5, 5.41) is 9.49. The number of hydrogen-bond donors (Lipinski definition) is 1. The van der Waals surface area contributed by atoms with Crippen molar-refractivity contribution in [2.24, 2.45) is 0 Å². The van der Waals surface area contributed by atoms with E-state index in [1.165, 1.54) is 0 Å². The number of carbonyl (C=O) groups excluding carboxylic acids is 1. The number of phenols is 1. The maximum atomic E-state index is 11.0. The van der Waals surface area contributed by atoms with E-state index in [2.05, 4.69) is 0 Å². The van der Waals surface area contributed by atoms with Crippen molar-refractivity contribution in [2.45, 2.75) is 18.3 Å². The molecule has 0 amide bonds. The molecule has 0 bridgehead atoms. The summed E-state index contributed by atoms with van der Waals surface area (Å²) in [5.74, 6) is 1.15. The van der Waals surface area contributed by atoms with E-state index < -0.39 is 0 Å². The molecule has 0 saturated heterocycles. The number of aldehydes is 1. The quantitative estimate of drug-likeness (QED) is 0.831. The summed E-state index contributed by atoms with van der Waals surface area (Å²) in [7, 11) is 0. The standard InChI is InChI=1S/C16H14O2/c17-10-12-4-1-2-7-14(12)16-9-15(16)11-5-3-6-13(18)8-11/h1-8,10,15-16,18H,9H2. The molecule has 1 saturated carbocycles. The molecular formula is C16H14O2. The second-order valence-electron chi connectivity index (χ2n) is 4.79. The zero-order chi connectivity index (χ0) is 12.5. The molecule has 18 heavy (non-hydrogen) atoms. The van der Waals surface area contributed by atoms with Crippen molar-refractivity contribution in [3.05, 3.63) is 65.2 Å². The van der Waals surface area contributed by atoms with Crippen LogP contribution in [0.1, 0.15) is 39.7 Å². The van der Waals surface area contributed by atoms with Gasteiger partial charge in [-0.25, -0.2) is 0 Å². The minimum absolute atomic E-state index is 0.307. The highest BCUT2D eigenvalue weighted by molar-refractivity contribution is 5.78. The SMILES string of the molecule is O=Cc1ccccc1C1CC1c1cccc(O)c1. The van der Waals surface area contributed by atoms with Crippen molar-refractivity contribution in [2.75, 3.05) is 0 Å². The van der Waals surface area contributed by atoms with Crippen LogP contribution in [-0.2, 0) is 0 Å². The molecule has 1 aliphatic carbocycles. The van der Waals surface area contributed by atoms with E-state index in [0.717, 1.165) is 29.4 Å². The maximum absolute atomic E-state index is 11.0. The van der Waals surface area contributed by atoms with Crippen LogP contribution >= 0.6 is 0 Å². The molecule has 2 aromatic rings. The average Bonchev–Trinajstić information content (AvgIpc) is 3.19. The third-order valence-electron chi connectivity index (χ3n) is 3.61. The molecule has 1 fully saturated rings. The first-order valence-corrected chi connectivity index (χ1v) is 6.12. The second-order valence-corrected chi connectivity index (χ2v) is 4.79. The minimum Gasteiger partial charge on any atom is -0.508 e. The zero-order valence-electron chi connectivity index (χ0n) is 9.91. The molecule has 2 aromatic carbocycles. The van der Waals surface area contributed by atoms with Crippen molar-refractivity contribution >= 4 is 6.29 Å². The number of carbonyl (C=O) groups is 1. The number of rotatable bonds is 3. The smallest absolute Gasteiger partial charge is 0.150 e. The Balaban J connectivity index is 1.88. The molecule has 2 atom stereocenters. The van der Waals surface area contributed by atoms with Crippen LogP contribution in [0.4, 0.5) is 0 Å². The number of hydrogen-bond acceptors (Lipinski definition) is 2. The zero-order valence-corrected chi connectivity index (χ0v) is 9.91. The van der Waals surface area contributed by atoms with Crippen LogP contribution in [0.3, 0.4) is 0 Å². The molecule has 0 aliphatic heterocycles. The topological polar surface area (TPSA) is 37.3 Å². The highest BCUT2D eigenvalue weighted by Gasteiger charge is 2.40. The molecule has 0 aromatic heterocycles. The second kappa shape index (κ2) is 4.30. The van der Waals surface area contributed by atoms with Gasteiger partial charge in [-0.1, -0.05) is 36.4 Å². The third-order valence-corrected chi connectivity index (χ3v) is 3.61. The Bertz CT molecular complexity index is 589. The third kappa shape index (κ3) is 1.90. The normalized spacial score (nSPS) is 21.6. The Morgan fingerprint density at radius 1 is 1.06 bits per heavy atom. The van der Waals surface area contributed by atoms with Gasteiger partial charge in [0.15, 0.2) is 0 Å². The summed E-state index contributed by atoms with van der Waals surface area (Å²) < 4.78 is 0. The van der Waals surface area contributed by atoms with Gasteiger partial charge in [0.1, 0.15) is 12.0 Å². The fourth-order valence-electron chi connectivity index (χ4n) is 2.62. The number of phenolic OH excluding ortho intramolecular Hbond substituents is 1. The van der Waals surface area contributed by atoms with Crippen LogP contribution in [0.2, 0.25) is 0 Å². The van der Waals surface area contributed by atoms with Crippen molar-refractivity contribution in [3.8, 4) is 5.75 Å². The molecule has 0 spiro atoms. The molecule has 90 valence electrons. The Hall–Kier alpha value is -2.09. The van der Waals surface area contributed by atoms with Crippen LogP contribution < -0.4 is 0 Å². The van der Waals surface area contributed by atoms with Gasteiger partial charge in [0.05, 0.1) is 0 Å². The highest BCUT2D eigenvalue weighted by atomic mass is 16.3. The Morgan fingerprint density at radius 2 is 1.89 bits per heavy atom. The lowest BCUT2D eigenvalue weighted by Crippen LogP contribution is -1.91. The van der Waals surface area contributed by atoms with E-state index in [0.29, 0.717) is 17.6 Å². The summed E-state index contributed by atoms with van der Waals surface area (Å²) in [6.07, 6.45) is 1.97. The van der Waals surface area contributed by atoms with Crippen molar-refractivity contribution in [1.82, 2.24) is 0 Å². The monoisotopic (exact) mass is 238 g/mol. The molecule has 0 radical (unpaired) electrons. The van der Waals surface area contributed by atoms with Gasteiger partial charge >= 0.3 is 0 Å². The Morgan fingerprint density at radius 3 is 2.67 bits per heavy atom. The number of aromatic hydroxyl groups is 1. The molecule has 1 N–H and O–H groups in total. The lowest BCUT2D eigenvalue weighted by atomic mass is 10.0. The fraction of sp³-hybridized carbons (Fsp3) is 0.188. The van der Waals surface area contributed by atoms with Crippen molar-refractivity contribution in [3.63, 3.8) is 0 Å². The first-order chi connectivity index (χ1) is 8.79. The number of benzene rings is 2. The van der Waals surface area contributed by atoms with Crippen LogP contribution in [0.5, 0.6) is 5.75 Å². The van der Waals surface area contributed by atoms with Gasteiger partial charge in [-0.2, -0.15) is 0 Å². The van der Waals surface area contributed by atoms with Gasteiger partial charge in [0, 0.05) is 5.56 Å². The molecule has 2 unspecified atom stereocenters. The molecule has 1 aliphatic rings. The van der Waals surface area contributed by atoms with Gasteiger partial charge in [0.25, 0.3) is 0 Å². The van der Waals surface area contributed by atoms with E-state index >= 15 is 0 Å². The summed E-state index contributed by atoms with van der Waals surface area (Å²) in [5.41, 5.74) is 3.06. The van der Waals surface area contributed by atoms with Gasteiger partial charge in [-0.05, 0) is 41.5 Å². The molecule has 2 heteroatoms. The van der Waals surface area contributed by atoms with E-state index in [-0.39, 0.29) is 0 Å². The average molecular weight is 238 g/mol. The van der Waals surface area contributed by atoms with Crippen molar-refractivity contribution in [1.29, 1.82) is 0 Å². The summed E-state index contributed by atoms with van der Waals surface area (Å²) in [4.78, 5) is 11.0. The van der Waals surface area contributed by atoms with Crippen LogP contribution in [0.15, 0.2) is 48.5 Å². The van der Waals surface area contributed by atoms with E-state index in [4.69, 9.17) is 0 Å². The highest BCUT2D eigenvalue weighted by Crippen LogP contribution is 2.55. The van der Waals surface area contributed by atoms with Gasteiger partial charge in [-0.15, -0.1) is 0 Å². The first kappa shape index (κ1) is 11.0. The van der Waals surface area contributed by atoms with Gasteiger partial charge in [-0.3, -0.25) is 4.79 Å². The maximum Gasteiger partial charge on any atom is 0.150 e. The predicted molar refractivity (Wildman–Crippen MR) is 70.0 cm³/mol. The minimum atomic E-state index is 0.307. The van der Waals surface area contributed by atoms with E-state index in [9.17, 15) is 9.90 Å². The Kier molecular flexibility index (Phi) is 2.63.